The predicted molar refractivity (Wildman–Crippen MR) is 120 cm³/mol. The van der Waals surface area contributed by atoms with Gasteiger partial charge in [0, 0.05) is 23.9 Å². The first kappa shape index (κ1) is 26.2. The first-order valence-corrected chi connectivity index (χ1v) is 10.2. The minimum Gasteiger partial charge on any atom is -0.475 e. The maximum Gasteiger partial charge on any atom is 0.490 e. The number of rotatable bonds is 7. The molecule has 0 aliphatic rings. The van der Waals surface area contributed by atoms with Crippen molar-refractivity contribution in [3.8, 4) is 0 Å². The van der Waals surface area contributed by atoms with Crippen LogP contribution in [-0.4, -0.2) is 40.6 Å². The van der Waals surface area contributed by atoms with Crippen molar-refractivity contribution in [1.82, 2.24) is 4.98 Å². The van der Waals surface area contributed by atoms with Crippen molar-refractivity contribution >= 4 is 17.8 Å². The largest absolute Gasteiger partial charge is 0.490 e. The molecule has 34 heavy (non-hydrogen) atoms. The number of ether oxygens (including phenoxy) is 1. The molecule has 7 nitrogen and oxygen atoms in total. The number of carbonyl (C=O) groups is 2. The van der Waals surface area contributed by atoms with Crippen LogP contribution in [0.1, 0.15) is 45.2 Å². The Balaban J connectivity index is 0.000000509. The summed E-state index contributed by atoms with van der Waals surface area (Å²) >= 11 is 0. The van der Waals surface area contributed by atoms with Crippen molar-refractivity contribution in [1.29, 1.82) is 5.41 Å². The fraction of sp³-hybridized carbons (Fsp3) is 0.208. The Morgan fingerprint density at radius 1 is 0.971 bits per heavy atom. The second-order valence-electron chi connectivity index (χ2n) is 7.17. The monoisotopic (exact) mass is 475 g/mol. The Labute approximate surface area is 193 Å². The second kappa shape index (κ2) is 11.7. The van der Waals surface area contributed by atoms with Gasteiger partial charge in [-0.1, -0.05) is 48.5 Å². The molecule has 10 heteroatoms. The number of nitrogens with two attached hydrogens (primary N) is 1. The van der Waals surface area contributed by atoms with E-state index in [0.717, 1.165) is 23.2 Å². The van der Waals surface area contributed by atoms with Crippen LogP contribution in [0.2, 0.25) is 0 Å². The van der Waals surface area contributed by atoms with Crippen molar-refractivity contribution in [2.24, 2.45) is 5.73 Å². The molecule has 180 valence electrons. The van der Waals surface area contributed by atoms with Gasteiger partial charge >= 0.3 is 18.1 Å². The molecule has 0 amide bonds. The van der Waals surface area contributed by atoms with E-state index in [1.807, 2.05) is 24.3 Å². The standard InChI is InChI=1S/C22H23N3O2.C2HF3O2/c1-2-27-22(26)19-11-12-25-20(19)14-17-5-3-15(4-6-17)13-16-7-9-18(10-8-16)21(23)24;3-2(4,5)1(6)7/h3-12,25H,2,13-14H2,1H3,(H3,23,24);(H,6,7). The smallest absolute Gasteiger partial charge is 0.475 e. The fourth-order valence-electron chi connectivity index (χ4n) is 2.97. The van der Waals surface area contributed by atoms with Crippen molar-refractivity contribution in [3.63, 3.8) is 0 Å². The molecule has 0 saturated heterocycles. The van der Waals surface area contributed by atoms with Crippen LogP contribution < -0.4 is 5.73 Å². The number of nitrogens with one attached hydrogen (secondary N) is 2. The molecule has 0 aliphatic carbocycles. The minimum absolute atomic E-state index is 0.0809. The number of aromatic amines is 1. The Morgan fingerprint density at radius 2 is 1.44 bits per heavy atom. The highest BCUT2D eigenvalue weighted by atomic mass is 19.4. The first-order chi connectivity index (χ1) is 16.0. The van der Waals surface area contributed by atoms with Crippen LogP contribution in [0.15, 0.2) is 60.8 Å². The van der Waals surface area contributed by atoms with Gasteiger partial charge < -0.3 is 20.6 Å². The number of hydrogen-bond acceptors (Lipinski definition) is 4. The Morgan fingerprint density at radius 3 is 1.88 bits per heavy atom. The van der Waals surface area contributed by atoms with E-state index in [4.69, 9.17) is 25.8 Å². The van der Waals surface area contributed by atoms with E-state index in [0.29, 0.717) is 18.6 Å². The number of halogens is 3. The van der Waals surface area contributed by atoms with Gasteiger partial charge in [0.05, 0.1) is 12.2 Å². The van der Waals surface area contributed by atoms with Crippen LogP contribution in [0, 0.1) is 5.41 Å². The van der Waals surface area contributed by atoms with Gasteiger partial charge in [0.2, 0.25) is 0 Å². The summed E-state index contributed by atoms with van der Waals surface area (Å²) in [6.45, 7) is 2.17. The lowest BCUT2D eigenvalue weighted by atomic mass is 10.0. The maximum atomic E-state index is 12.0. The third-order valence-corrected chi connectivity index (χ3v) is 4.65. The van der Waals surface area contributed by atoms with Gasteiger partial charge in [-0.2, -0.15) is 13.2 Å². The number of aromatic nitrogens is 1. The van der Waals surface area contributed by atoms with Crippen molar-refractivity contribution in [2.75, 3.05) is 6.61 Å². The molecule has 2 aromatic carbocycles. The molecule has 3 rings (SSSR count). The van der Waals surface area contributed by atoms with Crippen LogP contribution in [0.25, 0.3) is 0 Å². The Hall–Kier alpha value is -4.08. The van der Waals surface area contributed by atoms with Crippen LogP contribution >= 0.6 is 0 Å². The zero-order valence-corrected chi connectivity index (χ0v) is 18.3. The van der Waals surface area contributed by atoms with Gasteiger partial charge in [0.25, 0.3) is 0 Å². The summed E-state index contributed by atoms with van der Waals surface area (Å²) in [6, 6.07) is 17.8. The zero-order valence-electron chi connectivity index (χ0n) is 18.3. The number of aliphatic carboxylic acids is 1. The number of alkyl halides is 3. The summed E-state index contributed by atoms with van der Waals surface area (Å²) in [5.41, 5.74) is 11.2. The molecule has 0 saturated carbocycles. The molecule has 3 aromatic rings. The van der Waals surface area contributed by atoms with Crippen LogP contribution in [-0.2, 0) is 22.4 Å². The highest BCUT2D eigenvalue weighted by molar-refractivity contribution is 5.94. The highest BCUT2D eigenvalue weighted by Crippen LogP contribution is 2.17. The molecule has 0 atom stereocenters. The van der Waals surface area contributed by atoms with E-state index >= 15 is 0 Å². The molecular weight excluding hydrogens is 451 g/mol. The lowest BCUT2D eigenvalue weighted by Crippen LogP contribution is -2.21. The third-order valence-electron chi connectivity index (χ3n) is 4.65. The number of hydrogen-bond donors (Lipinski definition) is 4. The molecule has 0 fully saturated rings. The van der Waals surface area contributed by atoms with Gasteiger partial charge in [0.1, 0.15) is 5.84 Å². The predicted octanol–water partition coefficient (Wildman–Crippen LogP) is 4.29. The lowest BCUT2D eigenvalue weighted by molar-refractivity contribution is -0.192. The average Bonchev–Trinajstić information content (AvgIpc) is 3.24. The van der Waals surface area contributed by atoms with Gasteiger partial charge in [-0.3, -0.25) is 5.41 Å². The number of carboxylic acid groups (broad SMARTS) is 1. The number of benzene rings is 2. The molecule has 1 aromatic heterocycles. The zero-order chi connectivity index (χ0) is 25.3. The fourth-order valence-corrected chi connectivity index (χ4v) is 2.97. The van der Waals surface area contributed by atoms with Crippen LogP contribution in [0.5, 0.6) is 0 Å². The van der Waals surface area contributed by atoms with E-state index in [1.54, 1.807) is 19.2 Å². The number of carboxylic acids is 1. The van der Waals surface area contributed by atoms with Gasteiger partial charge in [0.15, 0.2) is 0 Å². The Kier molecular flexibility index (Phi) is 9.00. The molecular formula is C24H24F3N3O4. The normalized spacial score (nSPS) is 10.7. The van der Waals surface area contributed by atoms with Crippen LogP contribution in [0.4, 0.5) is 13.2 Å². The van der Waals surface area contributed by atoms with Gasteiger partial charge in [-0.05, 0) is 36.1 Å². The van der Waals surface area contributed by atoms with Gasteiger partial charge in [-0.25, -0.2) is 9.59 Å². The number of H-pyrrole nitrogens is 1. The molecule has 0 aliphatic heterocycles. The summed E-state index contributed by atoms with van der Waals surface area (Å²) in [7, 11) is 0. The molecule has 0 spiro atoms. The highest BCUT2D eigenvalue weighted by Gasteiger charge is 2.38. The SMILES string of the molecule is CCOC(=O)c1cc[nH]c1Cc1ccc(Cc2ccc(C(=N)N)cc2)cc1.O=C(O)C(F)(F)F. The average molecular weight is 475 g/mol. The summed E-state index contributed by atoms with van der Waals surface area (Å²) in [6.07, 6.45) is -1.86. The maximum absolute atomic E-state index is 12.0. The summed E-state index contributed by atoms with van der Waals surface area (Å²) < 4.78 is 36.8. The van der Waals surface area contributed by atoms with E-state index in [9.17, 15) is 18.0 Å². The third kappa shape index (κ3) is 7.80. The lowest BCUT2D eigenvalue weighted by Gasteiger charge is -2.07. The van der Waals surface area contributed by atoms with E-state index in [-0.39, 0.29) is 11.8 Å². The molecule has 0 bridgehead atoms. The van der Waals surface area contributed by atoms with E-state index < -0.39 is 12.1 Å². The van der Waals surface area contributed by atoms with Crippen molar-refractivity contribution in [2.45, 2.75) is 25.9 Å². The molecule has 1 heterocycles. The first-order valence-electron chi connectivity index (χ1n) is 10.2. The molecule has 5 N–H and O–H groups in total. The number of esters is 1. The number of nitrogen functional groups attached to an aromatic ring is 1. The quantitative estimate of drug-likeness (QED) is 0.230. The molecule has 0 unspecified atom stereocenters. The minimum atomic E-state index is -5.08. The van der Waals surface area contributed by atoms with E-state index in [2.05, 4.69) is 29.2 Å². The Bertz CT molecular complexity index is 1120. The van der Waals surface area contributed by atoms with Crippen LogP contribution in [0.3, 0.4) is 0 Å². The number of carbonyl (C=O) groups excluding carboxylic acids is 1. The molecule has 0 radical (unpaired) electrons. The van der Waals surface area contributed by atoms with Crippen molar-refractivity contribution in [3.05, 3.63) is 94.3 Å². The number of amidine groups is 1. The summed E-state index contributed by atoms with van der Waals surface area (Å²) in [5.74, 6) is -2.97. The second-order valence-corrected chi connectivity index (χ2v) is 7.17. The van der Waals surface area contributed by atoms with E-state index in [1.165, 1.54) is 11.1 Å². The summed E-state index contributed by atoms with van der Waals surface area (Å²) in [5, 5.41) is 14.6. The van der Waals surface area contributed by atoms with Crippen molar-refractivity contribution < 1.29 is 32.6 Å². The summed E-state index contributed by atoms with van der Waals surface area (Å²) in [4.78, 5) is 24.0. The topological polar surface area (TPSA) is 129 Å². The van der Waals surface area contributed by atoms with Gasteiger partial charge in [-0.15, -0.1) is 0 Å².